The number of phosphoric ester groups is 1. The predicted molar refractivity (Wildman–Crippen MR) is 280 cm³/mol. The molecule has 73 heavy (non-hydrogen) atoms. The average Bonchev–Trinajstić information content (AvgIpc) is 3.80. The van der Waals surface area contributed by atoms with Crippen molar-refractivity contribution < 1.29 is 91.2 Å². The SMILES string of the molecule is B[C@H]1C[C@@H](OCSSC(C)(C)CNC(=O)CCCCC[N+]2=C(/C=C/C=C/C=C3/N(CC)c4ccc(S(=O)(=O)O)cc4C3(C)C)C(C)(C)c3cc(S(=O)(=O)O)ccc32)[C@@H](COP(=O)(O)OP(=O)(O)OP(=O)(O)O)O1. The number of phosphoric acid groups is 3. The van der Waals surface area contributed by atoms with Gasteiger partial charge in [0.05, 0.1) is 27.9 Å². The number of nitrogens with one attached hydrogen (secondary N) is 1. The van der Waals surface area contributed by atoms with Crippen LogP contribution in [-0.2, 0) is 72.2 Å². The normalized spacial score (nSPS) is 22.3. The molecule has 0 aromatic heterocycles. The molecule has 30 heteroatoms. The number of ether oxygens (including phenoxy) is 2. The summed E-state index contributed by atoms with van der Waals surface area (Å²) in [5.74, 6) is 0.0277. The Hall–Kier alpha value is -2.49. The third-order valence-electron chi connectivity index (χ3n) is 12.2. The van der Waals surface area contributed by atoms with Gasteiger partial charge in [0.2, 0.25) is 11.6 Å². The number of amides is 1. The molecule has 5 atom stereocenters. The zero-order chi connectivity index (χ0) is 54.6. The molecule has 3 aliphatic heterocycles. The van der Waals surface area contributed by atoms with Crippen molar-refractivity contribution in [2.75, 3.05) is 37.1 Å². The van der Waals surface area contributed by atoms with Gasteiger partial charge in [0.15, 0.2) is 5.71 Å². The number of carbonyl (C=O) groups excluding carboxylic acids is 1. The monoisotopic (exact) mass is 1160 g/mol. The van der Waals surface area contributed by atoms with Crippen LogP contribution >= 0.6 is 45.1 Å². The van der Waals surface area contributed by atoms with Crippen LogP contribution in [0.4, 0.5) is 11.4 Å². The van der Waals surface area contributed by atoms with Crippen LogP contribution in [0.1, 0.15) is 91.7 Å². The summed E-state index contributed by atoms with van der Waals surface area (Å²) in [5.41, 5.74) is 3.75. The Balaban J connectivity index is 1.13. The molecule has 7 N–H and O–H groups in total. The lowest BCUT2D eigenvalue weighted by Crippen LogP contribution is -2.35. The number of carbonyl (C=O) groups is 1. The highest BCUT2D eigenvalue weighted by atomic mass is 33.1. The number of rotatable bonds is 26. The van der Waals surface area contributed by atoms with Crippen LogP contribution < -0.4 is 10.2 Å². The summed E-state index contributed by atoms with van der Waals surface area (Å²) in [7, 11) is -20.9. The number of likely N-dealkylation sites (N-methyl/N-ethyl adjacent to an activating group) is 1. The molecule has 0 saturated carbocycles. The van der Waals surface area contributed by atoms with Gasteiger partial charge in [-0.05, 0) is 95.9 Å². The maximum atomic E-state index is 13.0. The first-order valence-electron chi connectivity index (χ1n) is 22.9. The van der Waals surface area contributed by atoms with Gasteiger partial charge in [-0.3, -0.25) is 18.4 Å². The highest BCUT2D eigenvalue weighted by Gasteiger charge is 2.46. The molecule has 3 heterocycles. The molecule has 2 aromatic rings. The molecule has 3 aliphatic rings. The Bertz CT molecular complexity index is 2890. The van der Waals surface area contributed by atoms with E-state index in [1.54, 1.807) is 20.0 Å². The fourth-order valence-electron chi connectivity index (χ4n) is 8.74. The van der Waals surface area contributed by atoms with Crippen molar-refractivity contribution in [3.05, 3.63) is 83.6 Å². The molecular formula is C43H64BN3O19P3S4+. The summed E-state index contributed by atoms with van der Waals surface area (Å²) in [6, 6.07) is 8.83. The summed E-state index contributed by atoms with van der Waals surface area (Å²) < 4.78 is 128. The van der Waals surface area contributed by atoms with Crippen LogP contribution in [0.5, 0.6) is 0 Å². The quantitative estimate of drug-likeness (QED) is 0.00758. The Labute approximate surface area is 435 Å². The van der Waals surface area contributed by atoms with Crippen LogP contribution in [-0.4, -0.2) is 125 Å². The summed E-state index contributed by atoms with van der Waals surface area (Å²) in [6.07, 6.45) is 10.8. The van der Waals surface area contributed by atoms with Crippen molar-refractivity contribution in [3.8, 4) is 0 Å². The lowest BCUT2D eigenvalue weighted by molar-refractivity contribution is -0.438. The molecule has 0 aliphatic carbocycles. The molecule has 2 unspecified atom stereocenters. The van der Waals surface area contributed by atoms with Crippen LogP contribution in [0, 0.1) is 0 Å². The van der Waals surface area contributed by atoms with E-state index in [1.807, 2.05) is 78.8 Å². The number of unbranched alkanes of at least 4 members (excludes halogenated alkanes) is 2. The molecule has 22 nitrogen and oxygen atoms in total. The van der Waals surface area contributed by atoms with E-state index >= 15 is 0 Å². The number of nitrogens with zero attached hydrogens (tertiary/aromatic N) is 2. The number of anilines is 1. The molecule has 0 radical (unpaired) electrons. The van der Waals surface area contributed by atoms with E-state index in [1.165, 1.54) is 45.9 Å². The molecule has 2 aromatic carbocycles. The number of allylic oxidation sites excluding steroid dienone is 6. The van der Waals surface area contributed by atoms with Gasteiger partial charge in [-0.15, -0.1) is 0 Å². The molecule has 5 rings (SSSR count). The molecule has 1 amide bonds. The zero-order valence-corrected chi connectivity index (χ0v) is 47.5. The Morgan fingerprint density at radius 1 is 0.918 bits per heavy atom. The minimum Gasteiger partial charge on any atom is -0.379 e. The van der Waals surface area contributed by atoms with Crippen molar-refractivity contribution in [3.63, 3.8) is 0 Å². The van der Waals surface area contributed by atoms with Crippen molar-refractivity contribution >= 4 is 96.1 Å². The van der Waals surface area contributed by atoms with E-state index < -0.39 is 78.1 Å². The van der Waals surface area contributed by atoms with Gasteiger partial charge in [0.1, 0.15) is 26.4 Å². The molecular weight excluding hydrogens is 1090 g/mol. The second kappa shape index (κ2) is 24.0. The second-order valence-electron chi connectivity index (χ2n) is 19.1. The van der Waals surface area contributed by atoms with Crippen molar-refractivity contribution in [1.29, 1.82) is 0 Å². The standard InChI is InChI=1S/C43H63BN3O19P3S4/c1-8-46-33-20-18-29(72(56,57)58)23-31(33)42(4,5)37(46)15-11-9-12-16-38-43(6,7)32-24-30(73(59,60)61)19-21-34(32)47(38)22-14-10-13-17-40(48)45-27-41(2,3)71-70-28-62-35-25-39(44)64-36(35)26-63-68(52,53)66-69(54,55)65-67(49,50)51/h9,11-12,15-16,18-21,23-24,35-36,39H,8,10,13-14,17,22,25-28,44H2,1-7H3,(H6-,45,48,49,50,51,52,53,54,55,56,57,58,59,60,61)/p+1/t35-,36-,39-/m1/s1. The predicted octanol–water partition coefficient (Wildman–Crippen LogP) is 6.64. The minimum absolute atomic E-state index is 0.122. The van der Waals surface area contributed by atoms with Gasteiger partial charge >= 0.3 is 23.5 Å². The van der Waals surface area contributed by atoms with Crippen molar-refractivity contribution in [2.45, 2.75) is 124 Å². The van der Waals surface area contributed by atoms with E-state index in [0.29, 0.717) is 45.3 Å². The van der Waals surface area contributed by atoms with E-state index in [9.17, 15) is 54.2 Å². The number of benzene rings is 2. The van der Waals surface area contributed by atoms with Gasteiger partial charge < -0.3 is 39.3 Å². The summed E-state index contributed by atoms with van der Waals surface area (Å²) in [5, 5.41) is 2.99. The first-order valence-corrected chi connectivity index (χ1v) is 32.6. The number of hydrogen-bond donors (Lipinski definition) is 7. The maximum absolute atomic E-state index is 13.0. The molecule has 406 valence electrons. The highest BCUT2D eigenvalue weighted by Crippen LogP contribution is 2.66. The van der Waals surface area contributed by atoms with Crippen LogP contribution in [0.2, 0.25) is 0 Å². The summed E-state index contributed by atoms with van der Waals surface area (Å²) >= 11 is 0. The molecule has 0 spiro atoms. The van der Waals surface area contributed by atoms with Crippen molar-refractivity contribution in [1.82, 2.24) is 5.32 Å². The topological polar surface area (TPSA) is 322 Å². The Morgan fingerprint density at radius 3 is 2.19 bits per heavy atom. The van der Waals surface area contributed by atoms with Gasteiger partial charge in [0.25, 0.3) is 20.2 Å². The van der Waals surface area contributed by atoms with Crippen LogP contribution in [0.3, 0.4) is 0 Å². The number of fused-ring (bicyclic) bond motifs is 2. The maximum Gasteiger partial charge on any atom is 0.490 e. The minimum atomic E-state index is -5.67. The average molecular weight is 1160 g/mol. The molecule has 1 saturated heterocycles. The van der Waals surface area contributed by atoms with Gasteiger partial charge in [-0.25, -0.2) is 13.7 Å². The fraction of sp³-hybridized carbons (Fsp3) is 0.535. The molecule has 0 bridgehead atoms. The first kappa shape index (κ1) is 61.4. The molecule has 1 fully saturated rings. The largest absolute Gasteiger partial charge is 0.490 e. The zero-order valence-electron chi connectivity index (χ0n) is 41.5. The van der Waals surface area contributed by atoms with E-state index in [-0.39, 0.29) is 34.1 Å². The van der Waals surface area contributed by atoms with Crippen LogP contribution in [0.25, 0.3) is 0 Å². The van der Waals surface area contributed by atoms with Crippen molar-refractivity contribution in [2.24, 2.45) is 0 Å². The third-order valence-corrected chi connectivity index (χ3v) is 20.6. The Kier molecular flexibility index (Phi) is 20.2. The van der Waals surface area contributed by atoms with Gasteiger partial charge in [-0.1, -0.05) is 53.7 Å². The lowest BCUT2D eigenvalue weighted by atomic mass is 9.81. The van der Waals surface area contributed by atoms with E-state index in [4.69, 9.17) is 23.8 Å². The van der Waals surface area contributed by atoms with E-state index in [2.05, 4.69) is 23.4 Å². The Morgan fingerprint density at radius 2 is 1.56 bits per heavy atom. The summed E-state index contributed by atoms with van der Waals surface area (Å²) in [6.45, 7) is 14.7. The van der Waals surface area contributed by atoms with Gasteiger partial charge in [-0.2, -0.15) is 30.0 Å². The number of hydrogen-bond acceptors (Lipinski definition) is 16. The lowest BCUT2D eigenvalue weighted by Gasteiger charge is -2.25. The fourth-order valence-corrected chi connectivity index (χ4v) is 15.0. The smallest absolute Gasteiger partial charge is 0.379 e. The van der Waals surface area contributed by atoms with Gasteiger partial charge in [0, 0.05) is 71.2 Å². The summed E-state index contributed by atoms with van der Waals surface area (Å²) in [4.78, 5) is 51.3. The first-order chi connectivity index (χ1) is 33.6. The second-order valence-corrected chi connectivity index (χ2v) is 29.3. The third kappa shape index (κ3) is 16.8. The van der Waals surface area contributed by atoms with E-state index in [0.717, 1.165) is 33.9 Å². The highest BCUT2D eigenvalue weighted by molar-refractivity contribution is 8.77. The van der Waals surface area contributed by atoms with Crippen LogP contribution in [0.15, 0.2) is 82.3 Å².